The Bertz CT molecular complexity index is 3190. The monoisotopic (exact) mass is 578 g/mol. The Kier molecular flexibility index (Phi) is 3.72. The van der Waals surface area contributed by atoms with Crippen LogP contribution in [0.4, 0.5) is 0 Å². The SMILES string of the molecule is [2H]c1c([2H])c([2H])c2c(-c3c4ccccc4cc4oc5c6ccccc6ccc5c34)c3c([2H])c([2H])c([2H])c([2H])c3c(-c3cccc4ccccc34)c2c1[2H]. The summed E-state index contributed by atoms with van der Waals surface area (Å²) in [4.78, 5) is 0. The van der Waals surface area contributed by atoms with Crippen molar-refractivity contribution >= 4 is 75.8 Å². The second-order valence-electron chi connectivity index (χ2n) is 11.4. The second-order valence-corrected chi connectivity index (χ2v) is 11.4. The van der Waals surface area contributed by atoms with Crippen molar-refractivity contribution in [2.45, 2.75) is 0 Å². The molecular formula is C44H26O. The third-order valence-electron chi connectivity index (χ3n) is 9.06. The van der Waals surface area contributed by atoms with Crippen LogP contribution in [0.3, 0.4) is 0 Å². The average Bonchev–Trinajstić information content (AvgIpc) is 3.57. The van der Waals surface area contributed by atoms with Gasteiger partial charge in [0.2, 0.25) is 0 Å². The van der Waals surface area contributed by atoms with Crippen LogP contribution in [0, 0.1) is 0 Å². The first kappa shape index (κ1) is 18.0. The Morgan fingerprint density at radius 3 is 1.67 bits per heavy atom. The van der Waals surface area contributed by atoms with E-state index in [9.17, 15) is 5.48 Å². The molecule has 0 aliphatic carbocycles. The van der Waals surface area contributed by atoms with Crippen molar-refractivity contribution in [3.8, 4) is 22.3 Å². The van der Waals surface area contributed by atoms with Crippen LogP contribution in [-0.4, -0.2) is 0 Å². The first-order valence-electron chi connectivity index (χ1n) is 18.9. The predicted molar refractivity (Wildman–Crippen MR) is 192 cm³/mol. The van der Waals surface area contributed by atoms with Gasteiger partial charge in [-0.2, -0.15) is 0 Å². The van der Waals surface area contributed by atoms with Crippen molar-refractivity contribution in [2.24, 2.45) is 0 Å². The van der Waals surface area contributed by atoms with Crippen LogP contribution in [0.5, 0.6) is 0 Å². The summed E-state index contributed by atoms with van der Waals surface area (Å²) in [6.45, 7) is 0. The van der Waals surface area contributed by atoms with Gasteiger partial charge in [-0.3, -0.25) is 0 Å². The molecule has 0 N–H and O–H groups in total. The van der Waals surface area contributed by atoms with Crippen LogP contribution in [0.15, 0.2) is 162 Å². The van der Waals surface area contributed by atoms with Gasteiger partial charge in [-0.15, -0.1) is 0 Å². The van der Waals surface area contributed by atoms with Gasteiger partial charge in [0.05, 0.1) is 11.0 Å². The van der Waals surface area contributed by atoms with Gasteiger partial charge in [0.1, 0.15) is 11.2 Å². The third kappa shape index (κ3) is 3.44. The average molecular weight is 579 g/mol. The number of rotatable bonds is 2. The van der Waals surface area contributed by atoms with Gasteiger partial charge in [0.15, 0.2) is 0 Å². The summed E-state index contributed by atoms with van der Waals surface area (Å²) in [6, 6.07) is 32.0. The molecule has 0 radical (unpaired) electrons. The number of fused-ring (bicyclic) bond motifs is 9. The maximum absolute atomic E-state index is 9.58. The van der Waals surface area contributed by atoms with E-state index in [4.69, 9.17) is 9.90 Å². The number of furan rings is 1. The van der Waals surface area contributed by atoms with E-state index in [1.165, 1.54) is 0 Å². The molecule has 0 atom stereocenters. The molecular weight excluding hydrogens is 544 g/mol. The number of benzene rings is 9. The molecule has 0 unspecified atom stereocenters. The van der Waals surface area contributed by atoms with Crippen LogP contribution >= 0.6 is 0 Å². The van der Waals surface area contributed by atoms with Crippen LogP contribution in [-0.2, 0) is 0 Å². The molecule has 0 fully saturated rings. The minimum atomic E-state index is -0.438. The molecule has 1 aromatic heterocycles. The van der Waals surface area contributed by atoms with Crippen LogP contribution in [0.25, 0.3) is 98.1 Å². The fourth-order valence-electron chi connectivity index (χ4n) is 7.18. The van der Waals surface area contributed by atoms with Gasteiger partial charge < -0.3 is 4.42 Å². The molecule has 208 valence electrons. The highest BCUT2D eigenvalue weighted by molar-refractivity contribution is 6.31. The Hall–Kier alpha value is -5.92. The van der Waals surface area contributed by atoms with Gasteiger partial charge in [0, 0.05) is 21.7 Å². The van der Waals surface area contributed by atoms with E-state index < -0.39 is 24.2 Å². The Morgan fingerprint density at radius 2 is 0.956 bits per heavy atom. The first-order chi connectivity index (χ1) is 25.7. The van der Waals surface area contributed by atoms with Gasteiger partial charge in [-0.1, -0.05) is 145 Å². The smallest absolute Gasteiger partial charge is 0.143 e. The molecule has 0 saturated carbocycles. The standard InChI is InChI=1S/C44H26O/c1-4-16-30-27(12-1)15-11-23-33(30)40-34-19-7-9-21-36(34)41(37-22-10-8-20-35(37)40)43-31-17-5-3-14-29(31)26-39-42(43)38-25-24-28-13-2-6-18-32(28)44(38)45-39/h1-26H/i7D,8D,9D,10D,19D,20D,21D,22D. The summed E-state index contributed by atoms with van der Waals surface area (Å²) in [6.07, 6.45) is 0. The zero-order valence-electron chi connectivity index (χ0n) is 31.8. The minimum Gasteiger partial charge on any atom is -0.455 e. The molecule has 1 heterocycles. The quantitative estimate of drug-likeness (QED) is 0.186. The van der Waals surface area contributed by atoms with Crippen molar-refractivity contribution < 1.29 is 15.4 Å². The minimum absolute atomic E-state index is 0.171. The third-order valence-corrected chi connectivity index (χ3v) is 9.06. The molecule has 0 spiro atoms. The Labute approximate surface area is 270 Å². The zero-order valence-corrected chi connectivity index (χ0v) is 23.8. The molecule has 9 aromatic carbocycles. The van der Waals surface area contributed by atoms with Crippen LogP contribution in [0.2, 0.25) is 0 Å². The highest BCUT2D eigenvalue weighted by Gasteiger charge is 2.23. The fourth-order valence-corrected chi connectivity index (χ4v) is 7.18. The van der Waals surface area contributed by atoms with Crippen molar-refractivity contribution in [2.75, 3.05) is 0 Å². The molecule has 10 aromatic rings. The Balaban J connectivity index is 1.57. The van der Waals surface area contributed by atoms with Crippen molar-refractivity contribution in [1.29, 1.82) is 0 Å². The molecule has 0 aliphatic heterocycles. The van der Waals surface area contributed by atoms with Crippen LogP contribution in [0.1, 0.15) is 11.0 Å². The lowest BCUT2D eigenvalue weighted by Gasteiger charge is -2.20. The lowest BCUT2D eigenvalue weighted by molar-refractivity contribution is 0.673. The normalized spacial score (nSPS) is 14.5. The molecule has 0 aliphatic rings. The molecule has 0 saturated heterocycles. The van der Waals surface area contributed by atoms with Crippen LogP contribution < -0.4 is 0 Å². The second kappa shape index (κ2) is 9.29. The van der Waals surface area contributed by atoms with E-state index in [0.717, 1.165) is 37.7 Å². The predicted octanol–water partition coefficient (Wildman–Crippen LogP) is 12.7. The highest BCUT2D eigenvalue weighted by Crippen LogP contribution is 2.50. The van der Waals surface area contributed by atoms with Gasteiger partial charge in [-0.05, 0) is 77.3 Å². The molecule has 45 heavy (non-hydrogen) atoms. The van der Waals surface area contributed by atoms with E-state index >= 15 is 0 Å². The van der Waals surface area contributed by atoms with E-state index in [1.807, 2.05) is 109 Å². The number of hydrogen-bond acceptors (Lipinski definition) is 1. The summed E-state index contributed by atoms with van der Waals surface area (Å²) in [5, 5.41) is 7.27. The van der Waals surface area contributed by atoms with Crippen molar-refractivity contribution in [1.82, 2.24) is 0 Å². The van der Waals surface area contributed by atoms with Gasteiger partial charge >= 0.3 is 0 Å². The summed E-state index contributed by atoms with van der Waals surface area (Å²) < 4.78 is 80.6. The summed E-state index contributed by atoms with van der Waals surface area (Å²) in [5.74, 6) is 0. The topological polar surface area (TPSA) is 13.1 Å². The van der Waals surface area contributed by atoms with Crippen molar-refractivity contribution in [3.63, 3.8) is 0 Å². The van der Waals surface area contributed by atoms with E-state index in [-0.39, 0.29) is 45.7 Å². The first-order valence-corrected chi connectivity index (χ1v) is 14.9. The lowest BCUT2D eigenvalue weighted by atomic mass is 9.82. The van der Waals surface area contributed by atoms with E-state index in [2.05, 4.69) is 0 Å². The number of hydrogen-bond donors (Lipinski definition) is 0. The lowest BCUT2D eigenvalue weighted by Crippen LogP contribution is -1.93. The molecule has 1 heteroatoms. The maximum atomic E-state index is 9.58. The van der Waals surface area contributed by atoms with E-state index in [1.54, 1.807) is 0 Å². The summed E-state index contributed by atoms with van der Waals surface area (Å²) >= 11 is 0. The largest absolute Gasteiger partial charge is 0.455 e. The molecule has 0 bridgehead atoms. The van der Waals surface area contributed by atoms with Gasteiger partial charge in [-0.25, -0.2) is 0 Å². The van der Waals surface area contributed by atoms with Crippen molar-refractivity contribution in [3.05, 3.63) is 158 Å². The maximum Gasteiger partial charge on any atom is 0.143 e. The Morgan fingerprint density at radius 1 is 0.400 bits per heavy atom. The summed E-state index contributed by atoms with van der Waals surface area (Å²) in [5.41, 5.74) is 3.00. The van der Waals surface area contributed by atoms with Gasteiger partial charge in [0.25, 0.3) is 0 Å². The molecule has 10 rings (SSSR count). The summed E-state index contributed by atoms with van der Waals surface area (Å²) in [7, 11) is 0. The molecule has 1 nitrogen and oxygen atoms in total. The fraction of sp³-hybridized carbons (Fsp3) is 0. The van der Waals surface area contributed by atoms with E-state index in [0.29, 0.717) is 38.8 Å². The highest BCUT2D eigenvalue weighted by atomic mass is 16.3. The zero-order chi connectivity index (χ0) is 36.4. The molecule has 0 amide bonds.